The molecule has 6 amide bonds. The molecule has 87 heavy (non-hydrogen) atoms. The van der Waals surface area contributed by atoms with Gasteiger partial charge in [-0.3, -0.25) is 48.1 Å². The Hall–Kier alpha value is -8.36. The number of hydrogen-bond donors (Lipinski definition) is 10. The quantitative estimate of drug-likeness (QED) is 0.0419. The fourth-order valence-corrected chi connectivity index (χ4v) is 11.7. The molecule has 4 aliphatic rings. The predicted molar refractivity (Wildman–Crippen MR) is 308 cm³/mol. The van der Waals surface area contributed by atoms with Crippen molar-refractivity contribution in [1.29, 1.82) is 0 Å². The number of likely N-dealkylation sites (tertiary alicyclic amines) is 1. The van der Waals surface area contributed by atoms with Gasteiger partial charge in [0, 0.05) is 68.2 Å². The third-order valence-corrected chi connectivity index (χ3v) is 16.1. The van der Waals surface area contributed by atoms with Crippen molar-refractivity contribution in [2.24, 2.45) is 11.8 Å². The van der Waals surface area contributed by atoms with Crippen molar-refractivity contribution in [3.63, 3.8) is 0 Å². The lowest BCUT2D eigenvalue weighted by molar-refractivity contribution is -0.249. The van der Waals surface area contributed by atoms with Crippen molar-refractivity contribution < 1.29 is 87.6 Å². The van der Waals surface area contributed by atoms with Gasteiger partial charge in [-0.05, 0) is 80.3 Å². The van der Waals surface area contributed by atoms with Crippen molar-refractivity contribution in [1.82, 2.24) is 36.5 Å². The number of Topliss-reactive ketones (excluding diaryl/α,β-unsaturated/α-hetero) is 1. The summed E-state index contributed by atoms with van der Waals surface area (Å²) in [6.45, 7) is 8.78. The van der Waals surface area contributed by atoms with E-state index in [4.69, 9.17) is 18.9 Å². The Kier molecular flexibility index (Phi) is 20.5. The number of carbonyl (C=O) groups excluding carboxylic acids is 9. The minimum Gasteiger partial charge on any atom is -0.507 e. The molecule has 2 saturated heterocycles. The molecule has 4 aromatic rings. The van der Waals surface area contributed by atoms with E-state index >= 15 is 0 Å². The average Bonchev–Trinajstić information content (AvgIpc) is 0.991. The molecule has 0 saturated carbocycles. The number of phenolic OH excluding ortho intramolecular Hbond substituents is 2. The summed E-state index contributed by atoms with van der Waals surface area (Å²) in [5.41, 5.74) is -4.02. The lowest BCUT2D eigenvalue weighted by atomic mass is 9.72. The number of pyridine rings is 1. The van der Waals surface area contributed by atoms with E-state index < -0.39 is 156 Å². The number of fused-ring (bicyclic) bond motifs is 3. The normalized spacial score (nSPS) is 22.4. The first-order valence-corrected chi connectivity index (χ1v) is 29.0. The van der Waals surface area contributed by atoms with Crippen molar-refractivity contribution in [2.75, 3.05) is 26.8 Å². The van der Waals surface area contributed by atoms with Crippen LogP contribution in [0.25, 0.3) is 0 Å². The van der Waals surface area contributed by atoms with Gasteiger partial charge in [0.2, 0.25) is 41.2 Å². The summed E-state index contributed by atoms with van der Waals surface area (Å²) < 4.78 is 23.7. The first kappa shape index (κ1) is 64.6. The van der Waals surface area contributed by atoms with Gasteiger partial charge in [-0.2, -0.15) is 0 Å². The van der Waals surface area contributed by atoms with Gasteiger partial charge in [0.15, 0.2) is 17.9 Å². The number of aromatic hydroxyl groups is 2. The fourth-order valence-electron chi connectivity index (χ4n) is 11.7. The number of aliphatic hydroxyl groups is 3. The van der Waals surface area contributed by atoms with E-state index in [-0.39, 0.29) is 71.4 Å². The zero-order chi connectivity index (χ0) is 63.2. The molecule has 0 bridgehead atoms. The molecule has 25 nitrogen and oxygen atoms in total. The summed E-state index contributed by atoms with van der Waals surface area (Å²) in [6.07, 6.45) is -3.02. The van der Waals surface area contributed by atoms with E-state index in [0.29, 0.717) is 36.4 Å². The second-order valence-electron chi connectivity index (χ2n) is 23.3. The number of methoxy groups -OCH3 is 1. The van der Waals surface area contributed by atoms with Crippen LogP contribution in [-0.2, 0) is 55.9 Å². The molecule has 10 N–H and O–H groups in total. The van der Waals surface area contributed by atoms with Gasteiger partial charge in [0.25, 0.3) is 0 Å². The second kappa shape index (κ2) is 27.6. The topological polar surface area (TPSA) is 368 Å². The van der Waals surface area contributed by atoms with Gasteiger partial charge in [-0.15, -0.1) is 0 Å². The number of nitrogens with one attached hydrogen (secondary N) is 5. The number of benzene rings is 3. The highest BCUT2D eigenvalue weighted by Gasteiger charge is 2.51. The minimum atomic E-state index is -2.46. The van der Waals surface area contributed by atoms with Crippen molar-refractivity contribution in [3.05, 3.63) is 106 Å². The first-order chi connectivity index (χ1) is 41.3. The van der Waals surface area contributed by atoms with E-state index in [9.17, 15) is 68.7 Å². The van der Waals surface area contributed by atoms with E-state index in [2.05, 4.69) is 31.6 Å². The van der Waals surface area contributed by atoms with Crippen LogP contribution in [0.2, 0.25) is 0 Å². The van der Waals surface area contributed by atoms with Crippen molar-refractivity contribution in [3.8, 4) is 28.7 Å². The number of amides is 6. The number of rotatable bonds is 23. The molecular weight excluding hydrogens is 1130 g/mol. The van der Waals surface area contributed by atoms with Crippen LogP contribution in [0.4, 0.5) is 0 Å². The molecule has 10 atom stereocenters. The van der Waals surface area contributed by atoms with Gasteiger partial charge in [-0.1, -0.05) is 52.0 Å². The monoisotopic (exact) mass is 1210 g/mol. The maximum absolute atomic E-state index is 14.6. The highest BCUT2D eigenvalue weighted by atomic mass is 16.7. The van der Waals surface area contributed by atoms with Crippen LogP contribution in [-0.4, -0.2) is 169 Å². The van der Waals surface area contributed by atoms with Crippen LogP contribution >= 0.6 is 0 Å². The number of ether oxygens (including phenoxy) is 4. The van der Waals surface area contributed by atoms with Gasteiger partial charge < -0.3 is 76.0 Å². The molecule has 25 heteroatoms. The number of hydrogen-bond acceptors (Lipinski definition) is 19. The Morgan fingerprint density at radius 3 is 2.11 bits per heavy atom. The van der Waals surface area contributed by atoms with E-state index in [0.717, 1.165) is 0 Å². The number of ketones is 3. The molecule has 1 aromatic heterocycles. The molecule has 466 valence electrons. The summed E-state index contributed by atoms with van der Waals surface area (Å²) in [5.74, 6) is -7.60. The highest BCUT2D eigenvalue weighted by molar-refractivity contribution is 6.31. The molecular formula is C62H75N7O18. The van der Waals surface area contributed by atoms with E-state index in [1.807, 2.05) is 13.8 Å². The number of phenols is 2. The number of aliphatic hydroxyl groups excluding tert-OH is 2. The van der Waals surface area contributed by atoms with E-state index in [1.54, 1.807) is 62.6 Å². The molecule has 0 spiro atoms. The SMILES string of the molecule is COc1cccc2c1C(=O)c1c(O)c3c(c(O)c1C2=O)C[C@@](O)(C(=O)CO)C[C@@H]3O[C@H]1C[C@H](NC(=O)[C@H](CC(C)C)NC(=O)[C@H](Cc2ccc(Oc3ccncc3)cc2)NC(=O)CNC(=O)[C@H](CC(C)C)NC(=O)[C@@H]2CCCN2C(C)=O)[C@H](O)[C@H](C)O1. The Morgan fingerprint density at radius 2 is 1.47 bits per heavy atom. The zero-order valence-electron chi connectivity index (χ0n) is 49.4. The summed E-state index contributed by atoms with van der Waals surface area (Å²) in [5, 5.41) is 70.9. The summed E-state index contributed by atoms with van der Waals surface area (Å²) in [4.78, 5) is 129. The zero-order valence-corrected chi connectivity index (χ0v) is 49.4. The lowest BCUT2D eigenvalue weighted by Gasteiger charge is -2.43. The van der Waals surface area contributed by atoms with Crippen molar-refractivity contribution >= 4 is 52.8 Å². The largest absolute Gasteiger partial charge is 0.507 e. The maximum atomic E-state index is 14.6. The molecule has 0 unspecified atom stereocenters. The van der Waals surface area contributed by atoms with Crippen LogP contribution in [0, 0.1) is 11.8 Å². The third kappa shape index (κ3) is 14.6. The molecule has 2 aliphatic heterocycles. The van der Waals surface area contributed by atoms with Crippen molar-refractivity contribution in [2.45, 2.75) is 153 Å². The summed E-state index contributed by atoms with van der Waals surface area (Å²) in [6, 6.07) is 8.54. The second-order valence-corrected chi connectivity index (χ2v) is 23.3. The van der Waals surface area contributed by atoms with Crippen LogP contribution in [0.3, 0.4) is 0 Å². The van der Waals surface area contributed by atoms with Crippen LogP contribution in [0.15, 0.2) is 67.0 Å². The molecule has 0 radical (unpaired) electrons. The fraction of sp³-hybridized carbons (Fsp3) is 0.484. The summed E-state index contributed by atoms with van der Waals surface area (Å²) in [7, 11) is 1.28. The number of nitrogens with zero attached hydrogens (tertiary/aromatic N) is 2. The Morgan fingerprint density at radius 1 is 0.816 bits per heavy atom. The predicted octanol–water partition coefficient (Wildman–Crippen LogP) is 2.26. The first-order valence-electron chi connectivity index (χ1n) is 29.0. The van der Waals surface area contributed by atoms with Gasteiger partial charge in [-0.25, -0.2) is 0 Å². The molecule has 2 fully saturated rings. The van der Waals surface area contributed by atoms with Gasteiger partial charge in [0.1, 0.15) is 71.2 Å². The molecule has 3 heterocycles. The minimum absolute atomic E-state index is 0.00937. The average molecular weight is 1210 g/mol. The molecule has 2 aliphatic carbocycles. The standard InChI is InChI=1S/C62H75N7O18/c1-30(2)22-40(68-61(82)43-11-9-21-69(43)33(6)71)58(79)64-28-47(73)65-42(24-34-13-15-35(16-14-34)86-36-17-19-63-20-18-36)60(81)67-41(23-31(3)4)59(80)66-39-25-48(85-32(5)53(39)74)87-45-27-62(83,46(72)29-70)26-38-50(45)57(78)52-51(55(38)76)54(75)37-10-8-12-44(84-7)49(37)56(52)77/h8,10,12-20,30-32,39-43,45,48,53,70,74,76,78,83H,9,11,21-29H2,1-7H3,(H,64,79)(H,65,73)(H,66,80)(H,67,81)(H,68,82)/t32-,39-,40-,41-,42-,43-,45-,48-,53+,62-/m0/s1. The smallest absolute Gasteiger partial charge is 0.243 e. The molecule has 8 rings (SSSR count). The Labute approximate surface area is 501 Å². The van der Waals surface area contributed by atoms with Crippen LogP contribution < -0.4 is 36.1 Å². The van der Waals surface area contributed by atoms with Gasteiger partial charge >= 0.3 is 0 Å². The Balaban J connectivity index is 1.01. The van der Waals surface area contributed by atoms with Crippen LogP contribution in [0.5, 0.6) is 28.7 Å². The number of carbonyl (C=O) groups is 9. The molecule has 3 aromatic carbocycles. The third-order valence-electron chi connectivity index (χ3n) is 16.1. The lowest BCUT2D eigenvalue weighted by Crippen LogP contribution is -2.60. The van der Waals surface area contributed by atoms with E-state index in [1.165, 1.54) is 44.1 Å². The Bertz CT molecular complexity index is 3290. The highest BCUT2D eigenvalue weighted by Crippen LogP contribution is 2.52. The summed E-state index contributed by atoms with van der Waals surface area (Å²) >= 11 is 0. The van der Waals surface area contributed by atoms with Gasteiger partial charge in [0.05, 0.1) is 48.6 Å². The maximum Gasteiger partial charge on any atom is 0.243 e. The van der Waals surface area contributed by atoms with Crippen LogP contribution in [0.1, 0.15) is 135 Å². The number of aromatic nitrogens is 1.